The van der Waals surface area contributed by atoms with Gasteiger partial charge in [-0.1, -0.05) is 47.8 Å². The molecular weight excluding hydrogens is 576 g/mol. The molecule has 0 nitrogen and oxygen atoms in total. The van der Waals surface area contributed by atoms with Gasteiger partial charge in [-0.15, -0.1) is 0 Å². The second-order valence-electron chi connectivity index (χ2n) is 2.66. The average Bonchev–Trinajstić information content (AvgIpc) is 2.06. The molecule has 0 aliphatic rings. The van der Waals surface area contributed by atoms with Crippen LogP contribution in [0.5, 0.6) is 0 Å². The van der Waals surface area contributed by atoms with Gasteiger partial charge in [0.25, 0.3) is 0 Å². The third kappa shape index (κ3) is 3.06. The van der Waals surface area contributed by atoms with Crippen LogP contribution in [0.15, 0.2) is 19.5 Å². The average molecular weight is 580 g/mol. The summed E-state index contributed by atoms with van der Waals surface area (Å²) in [5.41, 5.74) is 2.27. The second-order valence-corrected chi connectivity index (χ2v) is 11.9. The Morgan fingerprint density at radius 1 is 1.00 bits per heavy atom. The second kappa shape index (κ2) is 5.17. The van der Waals surface area contributed by atoms with E-state index in [0.717, 1.165) is 24.5 Å². The summed E-state index contributed by atoms with van der Waals surface area (Å²) in [4.78, 5) is 0. The van der Waals surface area contributed by atoms with Gasteiger partial charge in [-0.2, -0.15) is 0 Å². The van der Waals surface area contributed by atoms with Crippen molar-refractivity contribution >= 4 is 95.6 Å². The van der Waals surface area contributed by atoms with Gasteiger partial charge in [0.15, 0.2) is 2.14 Å². The normalized spacial score (nSPS) is 11.9. The molecule has 0 radical (unpaired) electrons. The number of halogens is 6. The van der Waals surface area contributed by atoms with Crippen molar-refractivity contribution in [1.29, 1.82) is 0 Å². The number of alkyl halides is 3. The fourth-order valence-corrected chi connectivity index (χ4v) is 3.75. The van der Waals surface area contributed by atoms with Gasteiger partial charge < -0.3 is 0 Å². The molecule has 0 aliphatic carbocycles. The van der Waals surface area contributed by atoms with Crippen molar-refractivity contribution in [3.05, 3.63) is 30.6 Å². The molecule has 6 heteroatoms. The molecule has 1 rings (SSSR count). The molecule has 0 amide bonds. The molecule has 0 aromatic heterocycles. The minimum absolute atomic E-state index is 0.386. The fourth-order valence-electron chi connectivity index (χ4n) is 0.980. The van der Waals surface area contributed by atoms with E-state index in [0.29, 0.717) is 0 Å². The Balaban J connectivity index is 3.49. The Hall–Kier alpha value is 2.10. The maximum atomic E-state index is 3.53. The standard InChI is InChI=1S/C8H4Br6/c1-3-4(8(12,13)14)2-5(9)7(11)6(3)10/h2H,1H3. The molecule has 1 aromatic carbocycles. The van der Waals surface area contributed by atoms with Crippen LogP contribution in [0, 0.1) is 6.92 Å². The largest absolute Gasteiger partial charge is 0.160 e. The molecule has 0 saturated heterocycles. The van der Waals surface area contributed by atoms with E-state index < -0.39 is 0 Å². The minimum atomic E-state index is -0.386. The van der Waals surface area contributed by atoms with Crippen LogP contribution in [-0.2, 0) is 2.14 Å². The molecule has 0 unspecified atom stereocenters. The lowest BCUT2D eigenvalue weighted by Crippen LogP contribution is -2.02. The molecule has 14 heavy (non-hydrogen) atoms. The van der Waals surface area contributed by atoms with Crippen LogP contribution in [0.4, 0.5) is 0 Å². The summed E-state index contributed by atoms with van der Waals surface area (Å²) < 4.78 is 2.69. The third-order valence-corrected chi connectivity index (χ3v) is 6.50. The topological polar surface area (TPSA) is 0 Å². The van der Waals surface area contributed by atoms with Crippen molar-refractivity contribution < 1.29 is 0 Å². The molecule has 0 N–H and O–H groups in total. The summed E-state index contributed by atoms with van der Waals surface area (Å²) in [6.07, 6.45) is 0. The van der Waals surface area contributed by atoms with Gasteiger partial charge in [0.1, 0.15) is 0 Å². The molecule has 0 spiro atoms. The molecule has 0 fully saturated rings. The van der Waals surface area contributed by atoms with Crippen molar-refractivity contribution in [3.63, 3.8) is 0 Å². The first-order valence-corrected chi connectivity index (χ1v) is 8.22. The van der Waals surface area contributed by atoms with Crippen molar-refractivity contribution in [2.45, 2.75) is 9.07 Å². The van der Waals surface area contributed by atoms with E-state index >= 15 is 0 Å². The van der Waals surface area contributed by atoms with Crippen molar-refractivity contribution in [3.8, 4) is 0 Å². The Labute approximate surface area is 133 Å². The van der Waals surface area contributed by atoms with Gasteiger partial charge in [-0.05, 0) is 71.9 Å². The van der Waals surface area contributed by atoms with Crippen LogP contribution in [-0.4, -0.2) is 0 Å². The van der Waals surface area contributed by atoms with Gasteiger partial charge in [0, 0.05) is 13.4 Å². The smallest absolute Gasteiger partial charge is 0.0546 e. The Bertz CT molecular complexity index is 365. The third-order valence-electron chi connectivity index (χ3n) is 1.71. The van der Waals surface area contributed by atoms with E-state index in [-0.39, 0.29) is 2.14 Å². The number of benzene rings is 1. The van der Waals surface area contributed by atoms with Crippen LogP contribution in [0.25, 0.3) is 0 Å². The summed E-state index contributed by atoms with van der Waals surface area (Å²) in [5, 5.41) is 0. The van der Waals surface area contributed by atoms with Crippen LogP contribution in [0.2, 0.25) is 0 Å². The molecule has 0 saturated carbocycles. The summed E-state index contributed by atoms with van der Waals surface area (Å²) >= 11 is 21.0. The first-order chi connectivity index (χ1) is 6.25. The van der Waals surface area contributed by atoms with Crippen molar-refractivity contribution in [2.24, 2.45) is 0 Å². The van der Waals surface area contributed by atoms with Crippen molar-refractivity contribution in [2.75, 3.05) is 0 Å². The monoisotopic (exact) mass is 574 g/mol. The molecular formula is C8H4Br6. The van der Waals surface area contributed by atoms with E-state index in [1.165, 1.54) is 0 Å². The highest BCUT2D eigenvalue weighted by Crippen LogP contribution is 2.49. The quantitative estimate of drug-likeness (QED) is 0.241. The lowest BCUT2D eigenvalue weighted by molar-refractivity contribution is 1.24. The predicted molar refractivity (Wildman–Crippen MR) is 82.7 cm³/mol. The Kier molecular flexibility index (Phi) is 5.23. The van der Waals surface area contributed by atoms with Gasteiger partial charge in [-0.25, -0.2) is 0 Å². The zero-order chi connectivity index (χ0) is 11.1. The molecule has 78 valence electrons. The SMILES string of the molecule is Cc1c(C(Br)(Br)Br)cc(Br)c(Br)c1Br. The summed E-state index contributed by atoms with van der Waals surface area (Å²) in [6, 6.07) is 2.04. The molecule has 0 aliphatic heterocycles. The molecule has 1 aromatic rings. The first kappa shape index (κ1) is 14.2. The van der Waals surface area contributed by atoms with Crippen LogP contribution >= 0.6 is 95.6 Å². The fraction of sp³-hybridized carbons (Fsp3) is 0.250. The maximum absolute atomic E-state index is 3.53. The van der Waals surface area contributed by atoms with Gasteiger partial charge in [0.05, 0.1) is 0 Å². The van der Waals surface area contributed by atoms with E-state index in [4.69, 9.17) is 0 Å². The van der Waals surface area contributed by atoms with Crippen LogP contribution in [0.1, 0.15) is 11.1 Å². The molecule has 0 bridgehead atoms. The van der Waals surface area contributed by atoms with Gasteiger partial charge in [0.2, 0.25) is 0 Å². The number of hydrogen-bond donors (Lipinski definition) is 0. The lowest BCUT2D eigenvalue weighted by Gasteiger charge is -2.18. The summed E-state index contributed by atoms with van der Waals surface area (Å²) in [5.74, 6) is 0. The van der Waals surface area contributed by atoms with E-state index in [1.54, 1.807) is 0 Å². The highest BCUT2D eigenvalue weighted by Gasteiger charge is 2.25. The van der Waals surface area contributed by atoms with Gasteiger partial charge >= 0.3 is 0 Å². The number of rotatable bonds is 0. The number of hydrogen-bond acceptors (Lipinski definition) is 0. The summed E-state index contributed by atoms with van der Waals surface area (Å²) in [7, 11) is 0. The lowest BCUT2D eigenvalue weighted by atomic mass is 10.1. The van der Waals surface area contributed by atoms with Gasteiger partial charge in [-0.3, -0.25) is 0 Å². The highest BCUT2D eigenvalue weighted by atomic mass is 80.0. The maximum Gasteiger partial charge on any atom is 0.160 e. The summed E-state index contributed by atoms with van der Waals surface area (Å²) in [6.45, 7) is 2.05. The first-order valence-electron chi connectivity index (χ1n) is 3.46. The predicted octanol–water partition coefficient (Wildman–Crippen LogP) is 6.58. The van der Waals surface area contributed by atoms with Crippen molar-refractivity contribution in [1.82, 2.24) is 0 Å². The van der Waals surface area contributed by atoms with Crippen LogP contribution < -0.4 is 0 Å². The Morgan fingerprint density at radius 3 is 1.93 bits per heavy atom. The van der Waals surface area contributed by atoms with E-state index in [1.807, 2.05) is 6.07 Å². The Morgan fingerprint density at radius 2 is 1.50 bits per heavy atom. The highest BCUT2D eigenvalue weighted by molar-refractivity contribution is 9.38. The zero-order valence-electron chi connectivity index (χ0n) is 6.85. The van der Waals surface area contributed by atoms with E-state index in [9.17, 15) is 0 Å². The minimum Gasteiger partial charge on any atom is -0.0546 e. The molecule has 0 heterocycles. The zero-order valence-corrected chi connectivity index (χ0v) is 16.4. The molecule has 0 atom stereocenters. The van der Waals surface area contributed by atoms with Crippen LogP contribution in [0.3, 0.4) is 0 Å². The van der Waals surface area contributed by atoms with E-state index in [2.05, 4.69) is 103 Å².